The van der Waals surface area contributed by atoms with Crippen molar-refractivity contribution in [1.29, 1.82) is 0 Å². The highest BCUT2D eigenvalue weighted by Crippen LogP contribution is 2.82. The highest BCUT2D eigenvalue weighted by molar-refractivity contribution is 6.07. The fourth-order valence-electron chi connectivity index (χ4n) is 7.57. The Balaban J connectivity index is 1.68. The molecule has 0 N–H and O–H groups in total. The summed E-state index contributed by atoms with van der Waals surface area (Å²) in [4.78, 5) is 26.9. The van der Waals surface area contributed by atoms with Gasteiger partial charge >= 0.3 is 11.9 Å². The summed E-state index contributed by atoms with van der Waals surface area (Å²) in [6.45, 7) is 0. The smallest absolute Gasteiger partial charge is 0.322 e. The van der Waals surface area contributed by atoms with Crippen molar-refractivity contribution in [3.05, 3.63) is 76.9 Å². The first kappa shape index (κ1) is 15.1. The lowest BCUT2D eigenvalue weighted by molar-refractivity contribution is -0.157. The quantitative estimate of drug-likeness (QED) is 0.438. The molecule has 0 radical (unpaired) electrons. The van der Waals surface area contributed by atoms with Crippen molar-refractivity contribution in [3.8, 4) is 5.75 Å². The number of methoxy groups -OCH3 is 1. The van der Waals surface area contributed by atoms with Gasteiger partial charge in [-0.05, 0) is 52.6 Å². The molecule has 1 aliphatic heterocycles. The second-order valence-corrected chi connectivity index (χ2v) is 8.74. The summed E-state index contributed by atoms with van der Waals surface area (Å²) >= 11 is 0. The van der Waals surface area contributed by atoms with E-state index >= 15 is 0 Å². The van der Waals surface area contributed by atoms with Gasteiger partial charge in [0, 0.05) is 11.8 Å². The van der Waals surface area contributed by atoms with Crippen molar-refractivity contribution < 1.29 is 19.1 Å². The molecular formula is C24H18O4. The van der Waals surface area contributed by atoms with Gasteiger partial charge in [0.05, 0.1) is 7.11 Å². The van der Waals surface area contributed by atoms with Gasteiger partial charge in [-0.3, -0.25) is 9.59 Å². The van der Waals surface area contributed by atoms with Crippen LogP contribution in [0.2, 0.25) is 0 Å². The van der Waals surface area contributed by atoms with Crippen LogP contribution in [0.1, 0.15) is 40.5 Å². The van der Waals surface area contributed by atoms with Crippen LogP contribution < -0.4 is 4.74 Å². The first-order valence-electron chi connectivity index (χ1n) is 9.87. The SMILES string of the molecule is COc1ccc2c(c1)[C@@H]1c3ccccc3[C@H]2[C@]23C(=O)OC(=O)[C@]12[C@@H]1C=C[C@H]3C1. The molecule has 5 aliphatic carbocycles. The second-order valence-electron chi connectivity index (χ2n) is 8.74. The zero-order valence-electron chi connectivity index (χ0n) is 15.3. The Morgan fingerprint density at radius 1 is 0.857 bits per heavy atom. The Labute approximate surface area is 162 Å². The highest BCUT2D eigenvalue weighted by atomic mass is 16.6. The number of ether oxygens (including phenoxy) is 2. The molecule has 1 saturated heterocycles. The fourth-order valence-corrected chi connectivity index (χ4v) is 7.57. The Morgan fingerprint density at radius 3 is 2.04 bits per heavy atom. The highest BCUT2D eigenvalue weighted by Gasteiger charge is 2.86. The minimum atomic E-state index is -0.831. The zero-order chi connectivity index (χ0) is 18.8. The van der Waals surface area contributed by atoms with Gasteiger partial charge in [0.2, 0.25) is 0 Å². The molecule has 4 heteroatoms. The third kappa shape index (κ3) is 1.20. The predicted molar refractivity (Wildman–Crippen MR) is 99.8 cm³/mol. The van der Waals surface area contributed by atoms with E-state index in [-0.39, 0.29) is 35.6 Å². The molecule has 28 heavy (non-hydrogen) atoms. The van der Waals surface area contributed by atoms with Crippen molar-refractivity contribution in [2.45, 2.75) is 18.3 Å². The monoisotopic (exact) mass is 370 g/mol. The summed E-state index contributed by atoms with van der Waals surface area (Å²) in [5.41, 5.74) is 2.95. The van der Waals surface area contributed by atoms with Gasteiger partial charge in [0.25, 0.3) is 0 Å². The minimum Gasteiger partial charge on any atom is -0.497 e. The van der Waals surface area contributed by atoms with Crippen molar-refractivity contribution in [3.63, 3.8) is 0 Å². The molecule has 2 aromatic carbocycles. The summed E-state index contributed by atoms with van der Waals surface area (Å²) in [5.74, 6) is -0.120. The maximum Gasteiger partial charge on any atom is 0.322 e. The van der Waals surface area contributed by atoms with E-state index in [1.54, 1.807) is 7.11 Å². The van der Waals surface area contributed by atoms with Gasteiger partial charge in [-0.15, -0.1) is 0 Å². The number of allylic oxidation sites excluding steroid dienone is 2. The normalized spacial score (nSPS) is 40.0. The van der Waals surface area contributed by atoms with Crippen LogP contribution in [0, 0.1) is 22.7 Å². The van der Waals surface area contributed by atoms with Crippen LogP contribution in [-0.4, -0.2) is 19.0 Å². The van der Waals surface area contributed by atoms with Crippen LogP contribution in [0.15, 0.2) is 54.6 Å². The second kappa shape index (κ2) is 4.40. The van der Waals surface area contributed by atoms with Gasteiger partial charge in [0.1, 0.15) is 16.6 Å². The van der Waals surface area contributed by atoms with Crippen molar-refractivity contribution in [2.24, 2.45) is 22.7 Å². The number of hydrogen-bond donors (Lipinski definition) is 0. The summed E-state index contributed by atoms with van der Waals surface area (Å²) < 4.78 is 11.0. The molecule has 1 heterocycles. The number of hydrogen-bond acceptors (Lipinski definition) is 4. The summed E-state index contributed by atoms with van der Waals surface area (Å²) in [6.07, 6.45) is 5.17. The van der Waals surface area contributed by atoms with Crippen LogP contribution in [0.3, 0.4) is 0 Å². The Hall–Kier alpha value is -2.88. The maximum atomic E-state index is 13.5. The molecule has 4 nitrogen and oxygen atoms in total. The van der Waals surface area contributed by atoms with Crippen molar-refractivity contribution in [1.82, 2.24) is 0 Å². The number of carbonyl (C=O) groups excluding carboxylic acids is 2. The van der Waals surface area contributed by atoms with Gasteiger partial charge in [0.15, 0.2) is 0 Å². The number of cyclic esters (lactones) is 2. The van der Waals surface area contributed by atoms with Gasteiger partial charge < -0.3 is 9.47 Å². The lowest BCUT2D eigenvalue weighted by Gasteiger charge is -2.59. The standard InChI is InChI=1S/C24H18O4/c1-27-14-8-9-17-18(11-14)20-16-5-3-2-4-15(16)19(17)23-12-6-7-13(10-12)24(20,23)22(26)28-21(23)25/h2-9,11-13,19-20H,10H2,1H3/t12-,13+,19+,20-,23+,24-/m0/s1. The lowest BCUT2D eigenvalue weighted by Crippen LogP contribution is -2.60. The van der Waals surface area contributed by atoms with Crippen LogP contribution in [0.25, 0.3) is 0 Å². The van der Waals surface area contributed by atoms with Crippen LogP contribution >= 0.6 is 0 Å². The van der Waals surface area contributed by atoms with E-state index in [0.29, 0.717) is 0 Å². The average Bonchev–Trinajstić information content (AvgIpc) is 3.39. The van der Waals surface area contributed by atoms with E-state index in [4.69, 9.17) is 9.47 Å². The predicted octanol–water partition coefficient (Wildman–Crippen LogP) is 3.55. The largest absolute Gasteiger partial charge is 0.497 e. The molecule has 0 unspecified atom stereocenters. The molecule has 6 atom stereocenters. The van der Waals surface area contributed by atoms with E-state index in [9.17, 15) is 9.59 Å². The molecule has 0 amide bonds. The molecule has 0 spiro atoms. The Morgan fingerprint density at radius 2 is 1.43 bits per heavy atom. The third-order valence-corrected chi connectivity index (χ3v) is 8.24. The molecule has 2 aromatic rings. The van der Waals surface area contributed by atoms with Crippen LogP contribution in [-0.2, 0) is 14.3 Å². The first-order valence-corrected chi connectivity index (χ1v) is 9.87. The number of rotatable bonds is 1. The number of carbonyl (C=O) groups is 2. The maximum absolute atomic E-state index is 13.5. The van der Waals surface area contributed by atoms with E-state index < -0.39 is 10.8 Å². The van der Waals surface area contributed by atoms with Crippen molar-refractivity contribution in [2.75, 3.05) is 7.11 Å². The van der Waals surface area contributed by atoms with Gasteiger partial charge in [-0.1, -0.05) is 42.5 Å². The van der Waals surface area contributed by atoms with E-state index in [0.717, 1.165) is 28.9 Å². The first-order chi connectivity index (χ1) is 13.7. The molecule has 6 aliphatic rings. The summed E-state index contributed by atoms with van der Waals surface area (Å²) in [7, 11) is 1.66. The molecular weight excluding hydrogens is 352 g/mol. The molecule has 1 saturated carbocycles. The van der Waals surface area contributed by atoms with E-state index in [1.807, 2.05) is 18.2 Å². The zero-order valence-corrected chi connectivity index (χ0v) is 15.3. The third-order valence-electron chi connectivity index (χ3n) is 8.24. The fraction of sp³-hybridized carbons (Fsp3) is 0.333. The molecule has 2 fully saturated rings. The van der Waals surface area contributed by atoms with Crippen LogP contribution in [0.4, 0.5) is 0 Å². The van der Waals surface area contributed by atoms with Crippen molar-refractivity contribution >= 4 is 11.9 Å². The number of fused-ring (bicyclic) bond motifs is 2. The topological polar surface area (TPSA) is 52.6 Å². The average molecular weight is 370 g/mol. The van der Waals surface area contributed by atoms with Gasteiger partial charge in [-0.25, -0.2) is 0 Å². The Kier molecular flexibility index (Phi) is 2.37. The summed E-state index contributed by atoms with van der Waals surface area (Å²) in [5, 5.41) is 0. The van der Waals surface area contributed by atoms with Gasteiger partial charge in [-0.2, -0.15) is 0 Å². The number of benzene rings is 2. The molecule has 4 bridgehead atoms. The molecule has 138 valence electrons. The Bertz CT molecular complexity index is 1150. The minimum absolute atomic E-state index is 0.0386. The molecule has 8 rings (SSSR count). The van der Waals surface area contributed by atoms with E-state index in [1.165, 1.54) is 5.56 Å². The van der Waals surface area contributed by atoms with Crippen LogP contribution in [0.5, 0.6) is 5.75 Å². The summed E-state index contributed by atoms with van der Waals surface area (Å²) in [6, 6.07) is 14.4. The number of esters is 2. The molecule has 0 aromatic heterocycles. The van der Waals surface area contributed by atoms with E-state index in [2.05, 4.69) is 36.4 Å². The lowest BCUT2D eigenvalue weighted by atomic mass is 9.38.